The lowest BCUT2D eigenvalue weighted by molar-refractivity contribution is 0.419. The van der Waals surface area contributed by atoms with Crippen LogP contribution in [0.2, 0.25) is 0 Å². The van der Waals surface area contributed by atoms with Gasteiger partial charge in [-0.3, -0.25) is 11.3 Å². The van der Waals surface area contributed by atoms with Crippen LogP contribution in [-0.2, 0) is 12.8 Å². The van der Waals surface area contributed by atoms with Gasteiger partial charge in [0.25, 0.3) is 0 Å². The molecule has 0 saturated carbocycles. The smallest absolute Gasteiger partial charge is 0.0897 e. The lowest BCUT2D eigenvalue weighted by Gasteiger charge is -2.32. The van der Waals surface area contributed by atoms with Crippen LogP contribution >= 0.6 is 11.3 Å². The van der Waals surface area contributed by atoms with Crippen LogP contribution in [0.1, 0.15) is 34.2 Å². The minimum Gasteiger partial charge on any atom is -0.271 e. The van der Waals surface area contributed by atoms with Crippen molar-refractivity contribution in [3.8, 4) is 0 Å². The number of hydrazine groups is 1. The Bertz CT molecular complexity index is 564. The molecule has 0 saturated heterocycles. The molecule has 100 valence electrons. The minimum absolute atomic E-state index is 0.305. The van der Waals surface area contributed by atoms with Crippen LogP contribution in [0.4, 0.5) is 0 Å². The van der Waals surface area contributed by atoms with Gasteiger partial charge < -0.3 is 0 Å². The molecule has 1 aliphatic carbocycles. The third-order valence-corrected chi connectivity index (χ3v) is 4.71. The third-order valence-electron chi connectivity index (χ3n) is 3.89. The molecule has 2 atom stereocenters. The second-order valence-corrected chi connectivity index (χ2v) is 6.32. The maximum atomic E-state index is 5.70. The summed E-state index contributed by atoms with van der Waals surface area (Å²) in [5.41, 5.74) is 7.10. The van der Waals surface area contributed by atoms with E-state index in [4.69, 9.17) is 5.84 Å². The highest BCUT2D eigenvalue weighted by molar-refractivity contribution is 7.09. The first-order valence-corrected chi connectivity index (χ1v) is 7.59. The van der Waals surface area contributed by atoms with Crippen molar-refractivity contribution >= 4 is 11.3 Å². The molecule has 3 N–H and O–H groups in total. The average Bonchev–Trinajstić information content (AvgIpc) is 2.80. The summed E-state index contributed by atoms with van der Waals surface area (Å²) in [6.45, 7) is 2.04. The maximum absolute atomic E-state index is 5.70. The number of benzene rings is 1. The molecule has 0 spiro atoms. The van der Waals surface area contributed by atoms with Gasteiger partial charge in [-0.15, -0.1) is 11.3 Å². The molecule has 1 aromatic carbocycles. The summed E-state index contributed by atoms with van der Waals surface area (Å²) in [5.74, 6) is 6.35. The largest absolute Gasteiger partial charge is 0.271 e. The monoisotopic (exact) mass is 273 g/mol. The molecule has 0 radical (unpaired) electrons. The van der Waals surface area contributed by atoms with Gasteiger partial charge in [-0.1, -0.05) is 24.3 Å². The molecule has 19 heavy (non-hydrogen) atoms. The molecule has 2 unspecified atom stereocenters. The van der Waals surface area contributed by atoms with Gasteiger partial charge in [0.05, 0.1) is 10.7 Å². The molecule has 0 amide bonds. The van der Waals surface area contributed by atoms with Crippen LogP contribution in [0.25, 0.3) is 0 Å². The van der Waals surface area contributed by atoms with Crippen molar-refractivity contribution in [2.45, 2.75) is 38.1 Å². The molecule has 1 aliphatic rings. The first kappa shape index (κ1) is 12.8. The van der Waals surface area contributed by atoms with E-state index in [1.54, 1.807) is 11.3 Å². The van der Waals surface area contributed by atoms with Crippen LogP contribution in [0, 0.1) is 6.92 Å². The summed E-state index contributed by atoms with van der Waals surface area (Å²) in [4.78, 5) is 4.52. The maximum Gasteiger partial charge on any atom is 0.0897 e. The van der Waals surface area contributed by atoms with Crippen molar-refractivity contribution in [2.75, 3.05) is 0 Å². The van der Waals surface area contributed by atoms with Gasteiger partial charge in [0.2, 0.25) is 0 Å². The van der Waals surface area contributed by atoms with Crippen molar-refractivity contribution in [3.05, 3.63) is 51.5 Å². The molecule has 2 aromatic rings. The Morgan fingerprint density at radius 2 is 2.32 bits per heavy atom. The second kappa shape index (κ2) is 5.41. The fourth-order valence-electron chi connectivity index (χ4n) is 2.88. The van der Waals surface area contributed by atoms with Crippen molar-refractivity contribution in [3.63, 3.8) is 0 Å². The molecular formula is C15H19N3S. The Balaban J connectivity index is 1.62. The van der Waals surface area contributed by atoms with Gasteiger partial charge in [-0.05, 0) is 36.8 Å². The molecule has 4 heteroatoms. The van der Waals surface area contributed by atoms with E-state index < -0.39 is 0 Å². The predicted octanol–water partition coefficient (Wildman–Crippen LogP) is 2.56. The van der Waals surface area contributed by atoms with Gasteiger partial charge >= 0.3 is 0 Å². The number of nitrogens with two attached hydrogens (primary N) is 1. The average molecular weight is 273 g/mol. The van der Waals surface area contributed by atoms with Gasteiger partial charge in [0, 0.05) is 17.8 Å². The van der Waals surface area contributed by atoms with E-state index >= 15 is 0 Å². The number of hydrogen-bond acceptors (Lipinski definition) is 4. The van der Waals surface area contributed by atoms with Crippen LogP contribution in [0.3, 0.4) is 0 Å². The van der Waals surface area contributed by atoms with Crippen LogP contribution in [-0.4, -0.2) is 11.0 Å². The summed E-state index contributed by atoms with van der Waals surface area (Å²) < 4.78 is 0. The fourth-order valence-corrected chi connectivity index (χ4v) is 3.51. The topological polar surface area (TPSA) is 50.9 Å². The summed E-state index contributed by atoms with van der Waals surface area (Å²) in [5, 5.41) is 3.26. The number of aromatic nitrogens is 1. The number of nitrogens with zero attached hydrogens (tertiary/aromatic N) is 1. The predicted molar refractivity (Wildman–Crippen MR) is 79.2 cm³/mol. The molecule has 0 fully saturated rings. The highest BCUT2D eigenvalue weighted by Gasteiger charge is 2.27. The van der Waals surface area contributed by atoms with E-state index in [1.807, 2.05) is 6.92 Å². The molecule has 0 aliphatic heterocycles. The molecular weight excluding hydrogens is 254 g/mol. The number of rotatable bonds is 5. The third kappa shape index (κ3) is 2.71. The molecule has 3 rings (SSSR count). The molecule has 3 nitrogen and oxygen atoms in total. The first-order valence-electron chi connectivity index (χ1n) is 6.71. The van der Waals surface area contributed by atoms with Crippen molar-refractivity contribution in [2.24, 2.45) is 5.84 Å². The second-order valence-electron chi connectivity index (χ2n) is 5.26. The van der Waals surface area contributed by atoms with Crippen LogP contribution in [0.15, 0.2) is 29.6 Å². The molecule has 1 aromatic heterocycles. The Kier molecular flexibility index (Phi) is 3.64. The Morgan fingerprint density at radius 1 is 1.47 bits per heavy atom. The van der Waals surface area contributed by atoms with Gasteiger partial charge in [0.1, 0.15) is 0 Å². The first-order chi connectivity index (χ1) is 9.26. The number of thiazole rings is 1. The Hall–Kier alpha value is -1.23. The highest BCUT2D eigenvalue weighted by atomic mass is 32.1. The van der Waals surface area contributed by atoms with Crippen LogP contribution in [0.5, 0.6) is 0 Å². The van der Waals surface area contributed by atoms with E-state index in [0.717, 1.165) is 23.5 Å². The van der Waals surface area contributed by atoms with E-state index in [-0.39, 0.29) is 0 Å². The normalized spacial score (nSPS) is 18.7. The van der Waals surface area contributed by atoms with Crippen molar-refractivity contribution in [1.82, 2.24) is 10.4 Å². The Morgan fingerprint density at radius 3 is 3.00 bits per heavy atom. The summed E-state index contributed by atoms with van der Waals surface area (Å²) in [6.07, 6.45) is 3.19. The highest BCUT2D eigenvalue weighted by Crippen LogP contribution is 2.38. The number of aryl methyl sites for hydroxylation is 1. The summed E-state index contributed by atoms with van der Waals surface area (Å²) in [6, 6.07) is 9.01. The van der Waals surface area contributed by atoms with Gasteiger partial charge in [-0.2, -0.15) is 0 Å². The van der Waals surface area contributed by atoms with Gasteiger partial charge in [-0.25, -0.2) is 4.98 Å². The van der Waals surface area contributed by atoms with E-state index in [1.165, 1.54) is 17.5 Å². The quantitative estimate of drug-likeness (QED) is 0.650. The van der Waals surface area contributed by atoms with Gasteiger partial charge in [0.15, 0.2) is 0 Å². The van der Waals surface area contributed by atoms with Crippen molar-refractivity contribution < 1.29 is 0 Å². The molecule has 0 bridgehead atoms. The number of hydrogen-bond donors (Lipinski definition) is 2. The SMILES string of the molecule is Cc1nc(CC(CC2Cc3ccccc32)NN)cs1. The fraction of sp³-hybridized carbons (Fsp3) is 0.400. The van der Waals surface area contributed by atoms with Crippen molar-refractivity contribution in [1.29, 1.82) is 0 Å². The lowest BCUT2D eigenvalue weighted by atomic mass is 9.74. The zero-order valence-electron chi connectivity index (χ0n) is 11.1. The minimum atomic E-state index is 0.305. The Labute approximate surface area is 117 Å². The summed E-state index contributed by atoms with van der Waals surface area (Å²) >= 11 is 1.70. The van der Waals surface area contributed by atoms with E-state index in [9.17, 15) is 0 Å². The zero-order valence-corrected chi connectivity index (χ0v) is 11.9. The van der Waals surface area contributed by atoms with E-state index in [0.29, 0.717) is 12.0 Å². The number of nitrogens with one attached hydrogen (secondary N) is 1. The standard InChI is InChI=1S/C15H19N3S/c1-10-17-14(9-19-10)8-13(18-16)7-12-6-11-4-2-3-5-15(11)12/h2-5,9,12-13,18H,6-8,16H2,1H3. The van der Waals surface area contributed by atoms with E-state index in [2.05, 4.69) is 40.1 Å². The number of fused-ring (bicyclic) bond motifs is 1. The lowest BCUT2D eigenvalue weighted by Crippen LogP contribution is -2.39. The zero-order chi connectivity index (χ0) is 13.2. The van der Waals surface area contributed by atoms with Crippen LogP contribution < -0.4 is 11.3 Å². The summed E-state index contributed by atoms with van der Waals surface area (Å²) in [7, 11) is 0. The molecule has 1 heterocycles.